The van der Waals surface area contributed by atoms with Gasteiger partial charge in [-0.1, -0.05) is 41.9 Å². The van der Waals surface area contributed by atoms with Gasteiger partial charge in [-0.2, -0.15) is 13.2 Å². The Morgan fingerprint density at radius 1 is 1.00 bits per heavy atom. The second-order valence-electron chi connectivity index (χ2n) is 6.88. The molecule has 0 heterocycles. The van der Waals surface area contributed by atoms with Crippen molar-refractivity contribution in [3.63, 3.8) is 0 Å². The number of sulfonamides is 1. The maximum absolute atomic E-state index is 13.3. The fraction of sp³-hybridized carbons (Fsp3) is 0.136. The van der Waals surface area contributed by atoms with Crippen LogP contribution in [-0.4, -0.2) is 20.9 Å². The van der Waals surface area contributed by atoms with Gasteiger partial charge in [0.05, 0.1) is 16.1 Å². The minimum atomic E-state index is -4.58. The van der Waals surface area contributed by atoms with Gasteiger partial charge in [-0.25, -0.2) is 8.42 Å². The third-order valence-electron chi connectivity index (χ3n) is 4.54. The topological polar surface area (TPSA) is 66.5 Å². The number of anilines is 2. The highest BCUT2D eigenvalue weighted by Crippen LogP contribution is 2.31. The first kappa shape index (κ1) is 23.6. The highest BCUT2D eigenvalue weighted by molar-refractivity contribution is 7.92. The predicted octanol–water partition coefficient (Wildman–Crippen LogP) is 5.50. The first-order valence-corrected chi connectivity index (χ1v) is 11.1. The maximum atomic E-state index is 13.3. The molecule has 10 heteroatoms. The molecule has 0 aliphatic rings. The molecule has 0 aromatic heterocycles. The number of hydrogen-bond donors (Lipinski definition) is 1. The SMILES string of the molecule is Cc1ccc(N(CC(=O)Nc2cccc(C(F)(F)F)c2)S(=O)(=O)c2ccccc2)cc1Cl. The molecule has 0 aliphatic carbocycles. The highest BCUT2D eigenvalue weighted by Gasteiger charge is 2.31. The van der Waals surface area contributed by atoms with Gasteiger partial charge in [-0.3, -0.25) is 9.10 Å². The molecule has 0 unspecified atom stereocenters. The Morgan fingerprint density at radius 2 is 1.69 bits per heavy atom. The van der Waals surface area contributed by atoms with E-state index in [-0.39, 0.29) is 16.3 Å². The lowest BCUT2D eigenvalue weighted by Crippen LogP contribution is -2.38. The lowest BCUT2D eigenvalue weighted by molar-refractivity contribution is -0.137. The normalized spacial score (nSPS) is 11.8. The van der Waals surface area contributed by atoms with Crippen LogP contribution in [0.4, 0.5) is 24.5 Å². The summed E-state index contributed by atoms with van der Waals surface area (Å²) >= 11 is 6.15. The largest absolute Gasteiger partial charge is 0.416 e. The van der Waals surface area contributed by atoms with Crippen molar-refractivity contribution in [2.75, 3.05) is 16.2 Å². The molecule has 3 rings (SSSR count). The highest BCUT2D eigenvalue weighted by atomic mass is 35.5. The minimum absolute atomic E-state index is 0.0523. The Hall–Kier alpha value is -3.04. The molecule has 0 saturated heterocycles. The van der Waals surface area contributed by atoms with Crippen molar-refractivity contribution in [2.24, 2.45) is 0 Å². The first-order chi connectivity index (χ1) is 15.0. The zero-order valence-corrected chi connectivity index (χ0v) is 18.3. The van der Waals surface area contributed by atoms with Gasteiger partial charge >= 0.3 is 6.18 Å². The molecular weight excluding hydrogens is 465 g/mol. The number of nitrogens with zero attached hydrogens (tertiary/aromatic N) is 1. The molecule has 0 radical (unpaired) electrons. The summed E-state index contributed by atoms with van der Waals surface area (Å²) in [4.78, 5) is 12.6. The van der Waals surface area contributed by atoms with E-state index in [2.05, 4.69) is 5.32 Å². The summed E-state index contributed by atoms with van der Waals surface area (Å²) in [5.74, 6) is -0.819. The van der Waals surface area contributed by atoms with Crippen LogP contribution < -0.4 is 9.62 Å². The Kier molecular flexibility index (Phi) is 6.80. The van der Waals surface area contributed by atoms with Crippen LogP contribution >= 0.6 is 11.6 Å². The number of rotatable bonds is 6. The van der Waals surface area contributed by atoms with Crippen LogP contribution in [0.15, 0.2) is 77.7 Å². The number of carbonyl (C=O) groups is 1. The molecule has 0 fully saturated rings. The Balaban J connectivity index is 1.94. The van der Waals surface area contributed by atoms with Gasteiger partial charge in [0, 0.05) is 10.7 Å². The fourth-order valence-electron chi connectivity index (χ4n) is 2.88. The zero-order chi connectivity index (χ0) is 23.5. The van der Waals surface area contributed by atoms with E-state index >= 15 is 0 Å². The molecule has 0 aliphatic heterocycles. The summed E-state index contributed by atoms with van der Waals surface area (Å²) < 4.78 is 66.2. The third kappa shape index (κ3) is 5.41. The van der Waals surface area contributed by atoms with Gasteiger partial charge in [-0.05, 0) is 55.0 Å². The average molecular weight is 483 g/mol. The van der Waals surface area contributed by atoms with E-state index in [0.717, 1.165) is 22.5 Å². The third-order valence-corrected chi connectivity index (χ3v) is 6.73. The smallest absolute Gasteiger partial charge is 0.325 e. The van der Waals surface area contributed by atoms with Gasteiger partial charge in [-0.15, -0.1) is 0 Å². The molecular formula is C22H18ClF3N2O3S. The summed E-state index contributed by atoms with van der Waals surface area (Å²) in [6, 6.07) is 16.1. The van der Waals surface area contributed by atoms with E-state index in [9.17, 15) is 26.4 Å². The molecule has 0 saturated carbocycles. The van der Waals surface area contributed by atoms with Crippen molar-refractivity contribution in [3.05, 3.63) is 88.9 Å². The minimum Gasteiger partial charge on any atom is -0.325 e. The summed E-state index contributed by atoms with van der Waals surface area (Å²) in [7, 11) is -4.17. The lowest BCUT2D eigenvalue weighted by Gasteiger charge is -2.24. The molecule has 0 bridgehead atoms. The van der Waals surface area contributed by atoms with Crippen molar-refractivity contribution >= 4 is 38.9 Å². The summed E-state index contributed by atoms with van der Waals surface area (Å²) in [5.41, 5.74) is -0.192. The van der Waals surface area contributed by atoms with Crippen LogP contribution in [0.5, 0.6) is 0 Å². The lowest BCUT2D eigenvalue weighted by atomic mass is 10.2. The Labute approximate surface area is 188 Å². The molecule has 0 spiro atoms. The van der Waals surface area contributed by atoms with Crippen LogP contribution in [0, 0.1) is 6.92 Å². The quantitative estimate of drug-likeness (QED) is 0.504. The second kappa shape index (κ2) is 9.22. The molecule has 3 aromatic carbocycles. The van der Waals surface area contributed by atoms with E-state index in [4.69, 9.17) is 11.6 Å². The van der Waals surface area contributed by atoms with Gasteiger partial charge in [0.1, 0.15) is 6.54 Å². The number of amides is 1. The van der Waals surface area contributed by atoms with Crippen LogP contribution in [0.25, 0.3) is 0 Å². The van der Waals surface area contributed by atoms with E-state index in [0.29, 0.717) is 10.6 Å². The van der Waals surface area contributed by atoms with Crippen molar-refractivity contribution < 1.29 is 26.4 Å². The van der Waals surface area contributed by atoms with Crippen LogP contribution in [0.3, 0.4) is 0 Å². The summed E-state index contributed by atoms with van der Waals surface area (Å²) in [5, 5.41) is 2.63. The number of aryl methyl sites for hydroxylation is 1. The maximum Gasteiger partial charge on any atom is 0.416 e. The van der Waals surface area contributed by atoms with E-state index in [1.54, 1.807) is 19.1 Å². The number of carbonyl (C=O) groups excluding carboxylic acids is 1. The molecule has 32 heavy (non-hydrogen) atoms. The number of hydrogen-bond acceptors (Lipinski definition) is 3. The van der Waals surface area contributed by atoms with Crippen molar-refractivity contribution in [1.29, 1.82) is 0 Å². The fourth-order valence-corrected chi connectivity index (χ4v) is 4.48. The molecule has 1 amide bonds. The molecule has 168 valence electrons. The van der Waals surface area contributed by atoms with Gasteiger partial charge < -0.3 is 5.32 Å². The standard InChI is InChI=1S/C22H18ClF3N2O3S/c1-15-10-11-18(13-20(15)23)28(32(30,31)19-8-3-2-4-9-19)14-21(29)27-17-7-5-6-16(12-17)22(24,25)26/h2-13H,14H2,1H3,(H,27,29). The van der Waals surface area contributed by atoms with Gasteiger partial charge in [0.2, 0.25) is 5.91 Å². The van der Waals surface area contributed by atoms with E-state index in [1.807, 2.05) is 0 Å². The molecule has 0 atom stereocenters. The van der Waals surface area contributed by atoms with Crippen LogP contribution in [-0.2, 0) is 21.0 Å². The molecule has 3 aromatic rings. The van der Waals surface area contributed by atoms with Crippen molar-refractivity contribution in [1.82, 2.24) is 0 Å². The number of alkyl halides is 3. The Bertz CT molecular complexity index is 1230. The molecule has 5 nitrogen and oxygen atoms in total. The Morgan fingerprint density at radius 3 is 2.31 bits per heavy atom. The first-order valence-electron chi connectivity index (χ1n) is 9.29. The van der Waals surface area contributed by atoms with Gasteiger partial charge in [0.15, 0.2) is 0 Å². The van der Waals surface area contributed by atoms with Crippen LogP contribution in [0.2, 0.25) is 5.02 Å². The second-order valence-corrected chi connectivity index (χ2v) is 9.15. The molecule has 1 N–H and O–H groups in total. The van der Waals surface area contributed by atoms with Crippen LogP contribution in [0.1, 0.15) is 11.1 Å². The van der Waals surface area contributed by atoms with Crippen molar-refractivity contribution in [2.45, 2.75) is 18.0 Å². The van der Waals surface area contributed by atoms with E-state index in [1.165, 1.54) is 42.5 Å². The number of benzene rings is 3. The van der Waals surface area contributed by atoms with Crippen molar-refractivity contribution in [3.8, 4) is 0 Å². The zero-order valence-electron chi connectivity index (χ0n) is 16.7. The van der Waals surface area contributed by atoms with Gasteiger partial charge in [0.25, 0.3) is 10.0 Å². The summed E-state index contributed by atoms with van der Waals surface area (Å²) in [6.45, 7) is 1.06. The van der Waals surface area contributed by atoms with E-state index < -0.39 is 34.2 Å². The monoisotopic (exact) mass is 482 g/mol. The predicted molar refractivity (Wildman–Crippen MR) is 117 cm³/mol. The number of halogens is 4. The number of nitrogens with one attached hydrogen (secondary N) is 1. The average Bonchev–Trinajstić information content (AvgIpc) is 2.74. The summed E-state index contributed by atoms with van der Waals surface area (Å²) in [6.07, 6.45) is -4.58.